The van der Waals surface area contributed by atoms with Crippen LogP contribution in [-0.2, 0) is 19.5 Å². The van der Waals surface area contributed by atoms with Crippen molar-refractivity contribution in [2.45, 2.75) is 26.4 Å². The summed E-state index contributed by atoms with van der Waals surface area (Å²) in [5.74, 6) is 0. The third-order valence-electron chi connectivity index (χ3n) is 3.41. The second-order valence-electron chi connectivity index (χ2n) is 4.82. The Kier molecular flexibility index (Phi) is 4.44. The Hall–Kier alpha value is -0.830. The summed E-state index contributed by atoms with van der Waals surface area (Å²) in [7, 11) is 0. The summed E-state index contributed by atoms with van der Waals surface area (Å²) >= 11 is 1.91. The van der Waals surface area contributed by atoms with Gasteiger partial charge >= 0.3 is 0 Å². The highest BCUT2D eigenvalue weighted by Gasteiger charge is 2.16. The Morgan fingerprint density at radius 3 is 2.72 bits per heavy atom. The fourth-order valence-electron chi connectivity index (χ4n) is 2.39. The van der Waals surface area contributed by atoms with Crippen LogP contribution in [0, 0.1) is 6.92 Å². The first-order chi connectivity index (χ1) is 8.31. The lowest BCUT2D eigenvalue weighted by molar-refractivity contribution is 0.247. The number of hydrogen-bond acceptors (Lipinski definition) is 2. The van der Waals surface area contributed by atoms with Crippen LogP contribution >= 0.6 is 23.7 Å². The Labute approximate surface area is 119 Å². The smallest absolute Gasteiger partial charge is 0.0248 e. The van der Waals surface area contributed by atoms with E-state index in [1.54, 1.807) is 4.88 Å². The molecule has 2 aromatic rings. The number of benzene rings is 1. The number of nitrogens with zero attached hydrogens (tertiary/aromatic N) is 1. The van der Waals surface area contributed by atoms with E-state index >= 15 is 0 Å². The molecule has 0 radical (unpaired) electrons. The molecule has 3 rings (SSSR count). The lowest BCUT2D eigenvalue weighted by Crippen LogP contribution is -2.29. The van der Waals surface area contributed by atoms with Crippen molar-refractivity contribution in [3.8, 4) is 0 Å². The minimum absolute atomic E-state index is 0. The number of thiophene rings is 1. The Morgan fingerprint density at radius 2 is 1.94 bits per heavy atom. The molecule has 0 saturated carbocycles. The molecule has 0 bridgehead atoms. The topological polar surface area (TPSA) is 3.24 Å². The summed E-state index contributed by atoms with van der Waals surface area (Å²) in [4.78, 5) is 4.13. The quantitative estimate of drug-likeness (QED) is 0.802. The monoisotopic (exact) mass is 279 g/mol. The van der Waals surface area contributed by atoms with Crippen LogP contribution < -0.4 is 0 Å². The molecule has 1 aliphatic heterocycles. The summed E-state index contributed by atoms with van der Waals surface area (Å²) in [6.45, 7) is 5.53. The van der Waals surface area contributed by atoms with Gasteiger partial charge in [0.1, 0.15) is 0 Å². The van der Waals surface area contributed by atoms with Crippen LogP contribution in [0.3, 0.4) is 0 Å². The van der Waals surface area contributed by atoms with Crippen LogP contribution in [0.15, 0.2) is 35.7 Å². The molecule has 3 heteroatoms. The van der Waals surface area contributed by atoms with Gasteiger partial charge in [-0.15, -0.1) is 23.7 Å². The van der Waals surface area contributed by atoms with Gasteiger partial charge in [0.25, 0.3) is 0 Å². The number of fused-ring (bicyclic) bond motifs is 1. The van der Waals surface area contributed by atoms with Crippen LogP contribution in [0.1, 0.15) is 21.6 Å². The van der Waals surface area contributed by atoms with E-state index in [4.69, 9.17) is 0 Å². The zero-order valence-corrected chi connectivity index (χ0v) is 12.2. The summed E-state index contributed by atoms with van der Waals surface area (Å²) in [5.41, 5.74) is 4.30. The van der Waals surface area contributed by atoms with Crippen LogP contribution in [-0.4, -0.2) is 11.4 Å². The Bertz CT molecular complexity index is 503. The van der Waals surface area contributed by atoms with Crippen molar-refractivity contribution in [2.75, 3.05) is 6.54 Å². The Balaban J connectivity index is 0.00000120. The van der Waals surface area contributed by atoms with E-state index in [2.05, 4.69) is 47.5 Å². The van der Waals surface area contributed by atoms with E-state index in [1.165, 1.54) is 29.7 Å². The molecule has 1 aromatic carbocycles. The molecule has 18 heavy (non-hydrogen) atoms. The van der Waals surface area contributed by atoms with E-state index in [9.17, 15) is 0 Å². The number of aryl methyl sites for hydroxylation is 1. The lowest BCUT2D eigenvalue weighted by atomic mass is 10.1. The van der Waals surface area contributed by atoms with Crippen molar-refractivity contribution in [3.05, 3.63) is 57.3 Å². The first kappa shape index (κ1) is 13.6. The average molecular weight is 280 g/mol. The van der Waals surface area contributed by atoms with Crippen molar-refractivity contribution in [1.82, 2.24) is 4.90 Å². The van der Waals surface area contributed by atoms with Gasteiger partial charge in [-0.2, -0.15) is 0 Å². The maximum atomic E-state index is 2.54. The van der Waals surface area contributed by atoms with Gasteiger partial charge in [-0.3, -0.25) is 4.90 Å². The molecular weight excluding hydrogens is 262 g/mol. The maximum absolute atomic E-state index is 2.54. The van der Waals surface area contributed by atoms with Gasteiger partial charge in [0.15, 0.2) is 0 Å². The highest BCUT2D eigenvalue weighted by molar-refractivity contribution is 7.10. The largest absolute Gasteiger partial charge is 0.294 e. The predicted molar refractivity (Wildman–Crippen MR) is 80.6 cm³/mol. The molecule has 0 aliphatic carbocycles. The van der Waals surface area contributed by atoms with Gasteiger partial charge in [-0.05, 0) is 35.9 Å². The highest BCUT2D eigenvalue weighted by atomic mass is 35.5. The van der Waals surface area contributed by atoms with E-state index < -0.39 is 0 Å². The van der Waals surface area contributed by atoms with E-state index in [1.807, 2.05) is 11.3 Å². The molecule has 0 atom stereocenters. The predicted octanol–water partition coefficient (Wildman–Crippen LogP) is 4.04. The molecule has 0 saturated heterocycles. The number of rotatable bonds is 2. The SMILES string of the molecule is Cc1ccc(CN2CCc3sccc3C2)cc1.Cl. The molecular formula is C15H18ClNS. The van der Waals surface area contributed by atoms with E-state index in [-0.39, 0.29) is 12.4 Å². The minimum atomic E-state index is 0. The fraction of sp³-hybridized carbons (Fsp3) is 0.333. The van der Waals surface area contributed by atoms with Gasteiger partial charge < -0.3 is 0 Å². The summed E-state index contributed by atoms with van der Waals surface area (Å²) in [6, 6.07) is 11.2. The van der Waals surface area contributed by atoms with Crippen molar-refractivity contribution in [3.63, 3.8) is 0 Å². The van der Waals surface area contributed by atoms with Crippen molar-refractivity contribution >= 4 is 23.7 Å². The third kappa shape index (κ3) is 2.94. The van der Waals surface area contributed by atoms with Crippen molar-refractivity contribution in [1.29, 1.82) is 0 Å². The van der Waals surface area contributed by atoms with Gasteiger partial charge in [-0.1, -0.05) is 29.8 Å². The third-order valence-corrected chi connectivity index (χ3v) is 4.44. The molecule has 1 nitrogen and oxygen atoms in total. The molecule has 0 amide bonds. The molecule has 0 unspecified atom stereocenters. The molecule has 1 aliphatic rings. The summed E-state index contributed by atoms with van der Waals surface area (Å²) < 4.78 is 0. The van der Waals surface area contributed by atoms with Crippen LogP contribution in [0.4, 0.5) is 0 Å². The Morgan fingerprint density at radius 1 is 1.17 bits per heavy atom. The molecule has 0 fully saturated rings. The van der Waals surface area contributed by atoms with Crippen LogP contribution in [0.25, 0.3) is 0 Å². The van der Waals surface area contributed by atoms with Gasteiger partial charge in [0.2, 0.25) is 0 Å². The molecule has 1 aromatic heterocycles. The molecule has 0 N–H and O–H groups in total. The minimum Gasteiger partial charge on any atom is -0.294 e. The van der Waals surface area contributed by atoms with Gasteiger partial charge in [-0.25, -0.2) is 0 Å². The van der Waals surface area contributed by atoms with E-state index in [0.717, 1.165) is 13.1 Å². The second-order valence-corrected chi connectivity index (χ2v) is 5.82. The van der Waals surface area contributed by atoms with Crippen molar-refractivity contribution < 1.29 is 0 Å². The maximum Gasteiger partial charge on any atom is 0.0248 e. The van der Waals surface area contributed by atoms with Gasteiger partial charge in [0, 0.05) is 24.5 Å². The second kappa shape index (κ2) is 5.87. The molecule has 0 spiro atoms. The van der Waals surface area contributed by atoms with Crippen molar-refractivity contribution in [2.24, 2.45) is 0 Å². The summed E-state index contributed by atoms with van der Waals surface area (Å²) in [6.07, 6.45) is 1.22. The molecule has 2 heterocycles. The number of hydrogen-bond donors (Lipinski definition) is 0. The number of halogens is 1. The lowest BCUT2D eigenvalue weighted by Gasteiger charge is -2.26. The van der Waals surface area contributed by atoms with Gasteiger partial charge in [0.05, 0.1) is 0 Å². The fourth-order valence-corrected chi connectivity index (χ4v) is 3.28. The van der Waals surface area contributed by atoms with E-state index in [0.29, 0.717) is 0 Å². The summed E-state index contributed by atoms with van der Waals surface area (Å²) in [5, 5.41) is 2.22. The first-order valence-corrected chi connectivity index (χ1v) is 7.02. The van der Waals surface area contributed by atoms with Crippen LogP contribution in [0.5, 0.6) is 0 Å². The average Bonchev–Trinajstić information content (AvgIpc) is 2.79. The van der Waals surface area contributed by atoms with Crippen LogP contribution in [0.2, 0.25) is 0 Å². The zero-order chi connectivity index (χ0) is 11.7. The highest BCUT2D eigenvalue weighted by Crippen LogP contribution is 2.24. The standard InChI is InChI=1S/C15H17NS.ClH/c1-12-2-4-13(5-3-12)10-16-8-6-15-14(11-16)7-9-17-15;/h2-5,7,9H,6,8,10-11H2,1H3;1H. The zero-order valence-electron chi connectivity index (χ0n) is 10.6. The normalized spacial score (nSPS) is 14.9. The molecule has 96 valence electrons. The first-order valence-electron chi connectivity index (χ1n) is 6.14.